The van der Waals surface area contributed by atoms with Crippen molar-refractivity contribution in [3.05, 3.63) is 66.0 Å². The standard InChI is InChI=1S/C15H9F2N3O/c16-11-3-2-10(8-12(11)17)20-15(21)9-1-4-13-14(7-9)19-6-5-18-13/h1-8H,(H,20,21). The molecule has 2 aromatic carbocycles. The summed E-state index contributed by atoms with van der Waals surface area (Å²) in [5, 5.41) is 2.50. The maximum absolute atomic E-state index is 13.1. The lowest BCUT2D eigenvalue weighted by atomic mass is 10.1. The molecule has 0 aliphatic carbocycles. The third kappa shape index (κ3) is 2.69. The summed E-state index contributed by atoms with van der Waals surface area (Å²) in [5.41, 5.74) is 1.78. The Morgan fingerprint density at radius 3 is 2.43 bits per heavy atom. The number of nitrogens with zero attached hydrogens (tertiary/aromatic N) is 2. The monoisotopic (exact) mass is 285 g/mol. The van der Waals surface area contributed by atoms with Crippen molar-refractivity contribution in [2.75, 3.05) is 5.32 Å². The maximum atomic E-state index is 13.1. The molecule has 0 bridgehead atoms. The van der Waals surface area contributed by atoms with Gasteiger partial charge in [0.15, 0.2) is 11.6 Å². The number of benzene rings is 2. The zero-order valence-electron chi connectivity index (χ0n) is 10.7. The van der Waals surface area contributed by atoms with Gasteiger partial charge in [0, 0.05) is 29.7 Å². The lowest BCUT2D eigenvalue weighted by molar-refractivity contribution is 0.102. The van der Waals surface area contributed by atoms with E-state index in [0.29, 0.717) is 16.6 Å². The van der Waals surface area contributed by atoms with Gasteiger partial charge in [0.05, 0.1) is 11.0 Å². The van der Waals surface area contributed by atoms with E-state index in [2.05, 4.69) is 15.3 Å². The molecule has 0 radical (unpaired) electrons. The molecular formula is C15H9F2N3O. The number of nitrogens with one attached hydrogen (secondary N) is 1. The van der Waals surface area contributed by atoms with Crippen LogP contribution in [-0.4, -0.2) is 15.9 Å². The number of aromatic nitrogens is 2. The molecule has 3 rings (SSSR count). The van der Waals surface area contributed by atoms with Gasteiger partial charge in [0.2, 0.25) is 0 Å². The summed E-state index contributed by atoms with van der Waals surface area (Å²) in [6.07, 6.45) is 3.09. The van der Waals surface area contributed by atoms with Gasteiger partial charge in [0.25, 0.3) is 5.91 Å². The van der Waals surface area contributed by atoms with Crippen LogP contribution in [0.5, 0.6) is 0 Å². The lowest BCUT2D eigenvalue weighted by Crippen LogP contribution is -2.12. The molecule has 104 valence electrons. The zero-order chi connectivity index (χ0) is 14.8. The number of hydrogen-bond acceptors (Lipinski definition) is 3. The Hall–Kier alpha value is -2.89. The van der Waals surface area contributed by atoms with Crippen LogP contribution in [0.3, 0.4) is 0 Å². The zero-order valence-corrected chi connectivity index (χ0v) is 10.7. The Morgan fingerprint density at radius 1 is 0.905 bits per heavy atom. The van der Waals surface area contributed by atoms with Crippen molar-refractivity contribution in [1.29, 1.82) is 0 Å². The quantitative estimate of drug-likeness (QED) is 0.787. The highest BCUT2D eigenvalue weighted by atomic mass is 19.2. The van der Waals surface area contributed by atoms with E-state index in [4.69, 9.17) is 0 Å². The first kappa shape index (κ1) is 13.1. The summed E-state index contributed by atoms with van der Waals surface area (Å²) in [6.45, 7) is 0. The van der Waals surface area contributed by atoms with Crippen molar-refractivity contribution in [3.8, 4) is 0 Å². The predicted molar refractivity (Wildman–Crippen MR) is 73.8 cm³/mol. The molecule has 6 heteroatoms. The van der Waals surface area contributed by atoms with Crippen LogP contribution in [0.15, 0.2) is 48.8 Å². The summed E-state index contributed by atoms with van der Waals surface area (Å²) >= 11 is 0. The molecule has 0 unspecified atom stereocenters. The molecule has 3 aromatic rings. The van der Waals surface area contributed by atoms with Gasteiger partial charge in [-0.2, -0.15) is 0 Å². The van der Waals surface area contributed by atoms with Crippen molar-refractivity contribution in [3.63, 3.8) is 0 Å². The van der Waals surface area contributed by atoms with Crippen molar-refractivity contribution in [2.45, 2.75) is 0 Å². The van der Waals surface area contributed by atoms with Crippen molar-refractivity contribution >= 4 is 22.6 Å². The van der Waals surface area contributed by atoms with Crippen LogP contribution in [0.25, 0.3) is 11.0 Å². The first-order valence-corrected chi connectivity index (χ1v) is 6.11. The highest BCUT2D eigenvalue weighted by molar-refractivity contribution is 6.05. The first-order valence-electron chi connectivity index (χ1n) is 6.11. The number of rotatable bonds is 2. The summed E-state index contributed by atoms with van der Waals surface area (Å²) < 4.78 is 25.9. The number of halogens is 2. The van der Waals surface area contributed by atoms with Gasteiger partial charge in [0.1, 0.15) is 0 Å². The number of carbonyl (C=O) groups is 1. The summed E-state index contributed by atoms with van der Waals surface area (Å²) in [4.78, 5) is 20.3. The van der Waals surface area contributed by atoms with E-state index in [1.54, 1.807) is 24.4 Å². The molecule has 4 nitrogen and oxygen atoms in total. The fraction of sp³-hybridized carbons (Fsp3) is 0. The van der Waals surface area contributed by atoms with Crippen molar-refractivity contribution in [1.82, 2.24) is 9.97 Å². The minimum Gasteiger partial charge on any atom is -0.322 e. The number of fused-ring (bicyclic) bond motifs is 1. The number of anilines is 1. The molecule has 1 N–H and O–H groups in total. The molecular weight excluding hydrogens is 276 g/mol. The average Bonchev–Trinajstić information content (AvgIpc) is 2.50. The Bertz CT molecular complexity index is 836. The fourth-order valence-corrected chi connectivity index (χ4v) is 1.88. The average molecular weight is 285 g/mol. The maximum Gasteiger partial charge on any atom is 0.255 e. The topological polar surface area (TPSA) is 54.9 Å². The highest BCUT2D eigenvalue weighted by Gasteiger charge is 2.09. The van der Waals surface area contributed by atoms with Crippen LogP contribution in [0.4, 0.5) is 14.5 Å². The molecule has 0 saturated carbocycles. The minimum atomic E-state index is -1.02. The molecule has 0 fully saturated rings. The Kier molecular flexibility index (Phi) is 3.27. The third-order valence-electron chi connectivity index (χ3n) is 2.91. The second kappa shape index (κ2) is 5.24. The molecule has 0 aliphatic heterocycles. The first-order chi connectivity index (χ1) is 10.1. The van der Waals surface area contributed by atoms with Crippen LogP contribution in [-0.2, 0) is 0 Å². The second-order valence-electron chi connectivity index (χ2n) is 4.34. The van der Waals surface area contributed by atoms with Crippen molar-refractivity contribution in [2.24, 2.45) is 0 Å². The summed E-state index contributed by atoms with van der Waals surface area (Å²) in [5.74, 6) is -2.42. The molecule has 0 saturated heterocycles. The van der Waals surface area contributed by atoms with Gasteiger partial charge in [-0.1, -0.05) is 0 Å². The second-order valence-corrected chi connectivity index (χ2v) is 4.34. The van der Waals surface area contributed by atoms with E-state index in [0.717, 1.165) is 12.1 Å². The molecule has 0 atom stereocenters. The SMILES string of the molecule is O=C(Nc1ccc(F)c(F)c1)c1ccc2nccnc2c1. The number of amides is 1. The van der Waals surface area contributed by atoms with Crippen LogP contribution >= 0.6 is 0 Å². The van der Waals surface area contributed by atoms with E-state index in [1.807, 2.05) is 0 Å². The van der Waals surface area contributed by atoms with E-state index >= 15 is 0 Å². The van der Waals surface area contributed by atoms with Gasteiger partial charge in [-0.15, -0.1) is 0 Å². The smallest absolute Gasteiger partial charge is 0.255 e. The summed E-state index contributed by atoms with van der Waals surface area (Å²) in [7, 11) is 0. The fourth-order valence-electron chi connectivity index (χ4n) is 1.88. The van der Waals surface area contributed by atoms with Gasteiger partial charge >= 0.3 is 0 Å². The number of hydrogen-bond donors (Lipinski definition) is 1. The third-order valence-corrected chi connectivity index (χ3v) is 2.91. The van der Waals surface area contributed by atoms with Gasteiger partial charge in [-0.3, -0.25) is 14.8 Å². The van der Waals surface area contributed by atoms with Gasteiger partial charge in [-0.25, -0.2) is 8.78 Å². The Morgan fingerprint density at radius 2 is 1.67 bits per heavy atom. The van der Waals surface area contributed by atoms with Crippen LogP contribution in [0.2, 0.25) is 0 Å². The lowest BCUT2D eigenvalue weighted by Gasteiger charge is -2.06. The van der Waals surface area contributed by atoms with Crippen LogP contribution in [0, 0.1) is 11.6 Å². The van der Waals surface area contributed by atoms with E-state index in [-0.39, 0.29) is 5.69 Å². The highest BCUT2D eigenvalue weighted by Crippen LogP contribution is 2.16. The van der Waals surface area contributed by atoms with Crippen LogP contribution in [0.1, 0.15) is 10.4 Å². The van der Waals surface area contributed by atoms with Gasteiger partial charge in [-0.05, 0) is 30.3 Å². The molecule has 0 spiro atoms. The number of carbonyl (C=O) groups excluding carboxylic acids is 1. The van der Waals surface area contributed by atoms with E-state index in [9.17, 15) is 13.6 Å². The molecule has 1 aromatic heterocycles. The van der Waals surface area contributed by atoms with Crippen molar-refractivity contribution < 1.29 is 13.6 Å². The normalized spacial score (nSPS) is 10.6. The van der Waals surface area contributed by atoms with Gasteiger partial charge < -0.3 is 5.32 Å². The molecule has 1 amide bonds. The van der Waals surface area contributed by atoms with E-state index < -0.39 is 17.5 Å². The van der Waals surface area contributed by atoms with E-state index in [1.165, 1.54) is 12.3 Å². The predicted octanol–water partition coefficient (Wildman–Crippen LogP) is 3.16. The molecule has 21 heavy (non-hydrogen) atoms. The molecule has 1 heterocycles. The molecule has 0 aliphatic rings. The minimum absolute atomic E-state index is 0.179. The largest absolute Gasteiger partial charge is 0.322 e. The Labute approximate surface area is 118 Å². The summed E-state index contributed by atoms with van der Waals surface area (Å²) in [6, 6.07) is 8.01. The van der Waals surface area contributed by atoms with Crippen LogP contribution < -0.4 is 5.32 Å². The Balaban J connectivity index is 1.87.